The number of hydrogen-bond acceptors (Lipinski definition) is 3. The smallest absolute Gasteiger partial charge is 0.321 e. The van der Waals surface area contributed by atoms with E-state index in [-0.39, 0.29) is 24.3 Å². The number of urea groups is 1. The number of piperazine rings is 2. The van der Waals surface area contributed by atoms with Crippen molar-refractivity contribution in [3.05, 3.63) is 30.1 Å². The first-order valence-electron chi connectivity index (χ1n) is 8.29. The van der Waals surface area contributed by atoms with Crippen LogP contribution in [0.15, 0.2) is 24.3 Å². The van der Waals surface area contributed by atoms with Crippen LogP contribution in [0.1, 0.15) is 13.8 Å². The highest BCUT2D eigenvalue weighted by molar-refractivity contribution is 5.98. The summed E-state index contributed by atoms with van der Waals surface area (Å²) in [5, 5.41) is 5.36. The van der Waals surface area contributed by atoms with E-state index in [1.54, 1.807) is 11.0 Å². The zero-order valence-electron chi connectivity index (χ0n) is 14.2. The number of rotatable bonds is 2. The standard InChI is InChI=1S/C17H21FN4O3/c1-10(2)14-16(24)22-7-6-21(9-13(22)15(23)20-14)17(25)19-12-5-3-4-11(18)8-12/h3-5,8,10,13-14H,6-7,9H2,1-2H3,(H,19,25)(H,20,23)/t13-,14+/m1/s1. The van der Waals surface area contributed by atoms with Crippen molar-refractivity contribution >= 4 is 23.5 Å². The van der Waals surface area contributed by atoms with Gasteiger partial charge in [0, 0.05) is 18.8 Å². The molecule has 4 amide bonds. The molecule has 0 unspecified atom stereocenters. The zero-order valence-corrected chi connectivity index (χ0v) is 14.2. The van der Waals surface area contributed by atoms with Gasteiger partial charge >= 0.3 is 6.03 Å². The summed E-state index contributed by atoms with van der Waals surface area (Å²) in [7, 11) is 0. The monoisotopic (exact) mass is 348 g/mol. The van der Waals surface area contributed by atoms with Crippen molar-refractivity contribution in [1.29, 1.82) is 0 Å². The Bertz CT molecular complexity index is 709. The van der Waals surface area contributed by atoms with Crippen LogP contribution in [-0.2, 0) is 9.59 Å². The van der Waals surface area contributed by atoms with E-state index in [2.05, 4.69) is 10.6 Å². The molecule has 0 spiro atoms. The fourth-order valence-corrected chi connectivity index (χ4v) is 3.17. The van der Waals surface area contributed by atoms with Crippen LogP contribution in [0.3, 0.4) is 0 Å². The Morgan fingerprint density at radius 2 is 2.08 bits per heavy atom. The van der Waals surface area contributed by atoms with E-state index < -0.39 is 23.9 Å². The number of nitrogens with zero attached hydrogens (tertiary/aromatic N) is 2. The number of carbonyl (C=O) groups is 3. The highest BCUT2D eigenvalue weighted by Gasteiger charge is 2.45. The predicted molar refractivity (Wildman–Crippen MR) is 89.3 cm³/mol. The predicted octanol–water partition coefficient (Wildman–Crippen LogP) is 1.02. The van der Waals surface area contributed by atoms with Gasteiger partial charge in [0.15, 0.2) is 0 Å². The van der Waals surface area contributed by atoms with E-state index in [0.29, 0.717) is 18.8 Å². The number of fused-ring (bicyclic) bond motifs is 1. The van der Waals surface area contributed by atoms with Crippen LogP contribution in [0.2, 0.25) is 0 Å². The van der Waals surface area contributed by atoms with Gasteiger partial charge in [0.1, 0.15) is 17.9 Å². The van der Waals surface area contributed by atoms with Gasteiger partial charge in [0.2, 0.25) is 11.8 Å². The molecule has 1 aromatic rings. The summed E-state index contributed by atoms with van der Waals surface area (Å²) in [5.41, 5.74) is 0.344. The third-order valence-electron chi connectivity index (χ3n) is 4.56. The van der Waals surface area contributed by atoms with Gasteiger partial charge in [-0.25, -0.2) is 9.18 Å². The van der Waals surface area contributed by atoms with E-state index >= 15 is 0 Å². The molecule has 0 aromatic heterocycles. The number of hydrogen-bond donors (Lipinski definition) is 2. The Hall–Kier alpha value is -2.64. The summed E-state index contributed by atoms with van der Waals surface area (Å²) in [6.45, 7) is 4.50. The minimum atomic E-state index is -0.686. The molecular formula is C17H21FN4O3. The average Bonchev–Trinajstić information content (AvgIpc) is 2.57. The third kappa shape index (κ3) is 3.42. The normalized spacial score (nSPS) is 23.4. The first kappa shape index (κ1) is 17.2. The molecule has 2 fully saturated rings. The Kier molecular flexibility index (Phi) is 4.61. The molecule has 7 nitrogen and oxygen atoms in total. The minimum absolute atomic E-state index is 0.00621. The van der Waals surface area contributed by atoms with Crippen molar-refractivity contribution < 1.29 is 18.8 Å². The van der Waals surface area contributed by atoms with E-state index in [1.165, 1.54) is 23.1 Å². The fraction of sp³-hybridized carbons (Fsp3) is 0.471. The second-order valence-electron chi connectivity index (χ2n) is 6.66. The molecule has 2 N–H and O–H groups in total. The molecule has 0 aliphatic carbocycles. The molecule has 2 aliphatic heterocycles. The zero-order chi connectivity index (χ0) is 18.1. The molecule has 0 radical (unpaired) electrons. The number of anilines is 1. The van der Waals surface area contributed by atoms with E-state index in [9.17, 15) is 18.8 Å². The molecule has 2 saturated heterocycles. The Balaban J connectivity index is 1.67. The van der Waals surface area contributed by atoms with Crippen molar-refractivity contribution in [3.8, 4) is 0 Å². The Morgan fingerprint density at radius 3 is 2.76 bits per heavy atom. The second-order valence-corrected chi connectivity index (χ2v) is 6.66. The molecule has 25 heavy (non-hydrogen) atoms. The maximum atomic E-state index is 13.2. The quantitative estimate of drug-likeness (QED) is 0.837. The van der Waals surface area contributed by atoms with Crippen LogP contribution in [0.5, 0.6) is 0 Å². The van der Waals surface area contributed by atoms with Crippen LogP contribution >= 0.6 is 0 Å². The number of nitrogens with one attached hydrogen (secondary N) is 2. The number of benzene rings is 1. The molecule has 0 bridgehead atoms. The van der Waals surface area contributed by atoms with Gasteiger partial charge in [-0.15, -0.1) is 0 Å². The summed E-state index contributed by atoms with van der Waals surface area (Å²) in [4.78, 5) is 40.2. The van der Waals surface area contributed by atoms with Crippen molar-refractivity contribution in [2.75, 3.05) is 25.0 Å². The minimum Gasteiger partial charge on any atom is -0.342 e. The molecule has 2 atom stereocenters. The van der Waals surface area contributed by atoms with E-state index in [4.69, 9.17) is 0 Å². The molecule has 134 valence electrons. The van der Waals surface area contributed by atoms with Gasteiger partial charge in [-0.05, 0) is 24.1 Å². The first-order valence-corrected chi connectivity index (χ1v) is 8.29. The molecular weight excluding hydrogens is 327 g/mol. The summed E-state index contributed by atoms with van der Waals surface area (Å²) < 4.78 is 13.2. The number of amides is 4. The fourth-order valence-electron chi connectivity index (χ4n) is 3.17. The van der Waals surface area contributed by atoms with Gasteiger partial charge in [-0.2, -0.15) is 0 Å². The first-order chi connectivity index (χ1) is 11.9. The van der Waals surface area contributed by atoms with Crippen molar-refractivity contribution in [1.82, 2.24) is 15.1 Å². The Morgan fingerprint density at radius 1 is 1.32 bits per heavy atom. The molecule has 1 aromatic carbocycles. The van der Waals surface area contributed by atoms with E-state index in [0.717, 1.165) is 0 Å². The highest BCUT2D eigenvalue weighted by Crippen LogP contribution is 2.20. The van der Waals surface area contributed by atoms with Gasteiger partial charge in [0.25, 0.3) is 0 Å². The van der Waals surface area contributed by atoms with Gasteiger partial charge in [-0.1, -0.05) is 19.9 Å². The third-order valence-corrected chi connectivity index (χ3v) is 4.56. The van der Waals surface area contributed by atoms with E-state index in [1.807, 2.05) is 13.8 Å². The summed E-state index contributed by atoms with van der Waals surface area (Å²) in [5.74, 6) is -0.794. The number of carbonyl (C=O) groups excluding carboxylic acids is 3. The lowest BCUT2D eigenvalue weighted by molar-refractivity contribution is -0.153. The van der Waals surface area contributed by atoms with Gasteiger partial charge in [0.05, 0.1) is 6.54 Å². The van der Waals surface area contributed by atoms with Crippen molar-refractivity contribution in [2.24, 2.45) is 5.92 Å². The highest BCUT2D eigenvalue weighted by atomic mass is 19.1. The van der Waals surface area contributed by atoms with Gasteiger partial charge < -0.3 is 20.4 Å². The van der Waals surface area contributed by atoms with Crippen LogP contribution in [0, 0.1) is 11.7 Å². The molecule has 2 aliphatic rings. The maximum absolute atomic E-state index is 13.2. The van der Waals surface area contributed by atoms with Crippen LogP contribution in [0.4, 0.5) is 14.9 Å². The lowest BCUT2D eigenvalue weighted by Gasteiger charge is -2.45. The molecule has 0 saturated carbocycles. The Labute approximate surface area is 145 Å². The summed E-state index contributed by atoms with van der Waals surface area (Å²) in [6, 6.07) is 3.97. The van der Waals surface area contributed by atoms with Gasteiger partial charge in [-0.3, -0.25) is 9.59 Å². The summed E-state index contributed by atoms with van der Waals surface area (Å²) >= 11 is 0. The van der Waals surface area contributed by atoms with Crippen LogP contribution in [-0.4, -0.2) is 59.4 Å². The largest absolute Gasteiger partial charge is 0.342 e. The van der Waals surface area contributed by atoms with Crippen molar-refractivity contribution in [3.63, 3.8) is 0 Å². The topological polar surface area (TPSA) is 81.8 Å². The molecule has 8 heteroatoms. The van der Waals surface area contributed by atoms with Crippen molar-refractivity contribution in [2.45, 2.75) is 25.9 Å². The average molecular weight is 348 g/mol. The second kappa shape index (κ2) is 6.70. The van der Waals surface area contributed by atoms with Crippen LogP contribution in [0.25, 0.3) is 0 Å². The summed E-state index contributed by atoms with van der Waals surface area (Å²) in [6.07, 6.45) is 0. The lowest BCUT2D eigenvalue weighted by atomic mass is 9.96. The number of halogens is 1. The SMILES string of the molecule is CC(C)[C@@H]1NC(=O)[C@H]2CN(C(=O)Nc3cccc(F)c3)CCN2C1=O. The van der Waals surface area contributed by atoms with Crippen LogP contribution < -0.4 is 10.6 Å². The maximum Gasteiger partial charge on any atom is 0.321 e. The molecule has 3 rings (SSSR count). The molecule has 2 heterocycles. The lowest BCUT2D eigenvalue weighted by Crippen LogP contribution is -2.70.